The molecule has 0 saturated heterocycles. The number of aromatic nitrogens is 3. The van der Waals surface area contributed by atoms with Crippen LogP contribution in [0.25, 0.3) is 10.8 Å². The van der Waals surface area contributed by atoms with Crippen LogP contribution in [0.2, 0.25) is 0 Å². The Bertz CT molecular complexity index is 1080. The minimum Gasteiger partial charge on any atom is -0.293 e. The van der Waals surface area contributed by atoms with Crippen molar-refractivity contribution in [3.05, 3.63) is 88.7 Å². The second kappa shape index (κ2) is 7.72. The van der Waals surface area contributed by atoms with E-state index in [1.807, 2.05) is 66.7 Å². The number of anilines is 1. The molecule has 134 valence electrons. The zero-order valence-corrected chi connectivity index (χ0v) is 16.1. The molecule has 5 nitrogen and oxygen atoms in total. The molecular formula is C21H17BrN4O. The average Bonchev–Trinajstić information content (AvgIpc) is 3.10. The molecule has 0 radical (unpaired) electrons. The molecule has 6 heteroatoms. The van der Waals surface area contributed by atoms with E-state index in [4.69, 9.17) is 0 Å². The lowest BCUT2D eigenvalue weighted by molar-refractivity contribution is -0.115. The van der Waals surface area contributed by atoms with Gasteiger partial charge in [-0.2, -0.15) is 0 Å². The Balaban J connectivity index is 1.42. The van der Waals surface area contributed by atoms with Gasteiger partial charge in [0.1, 0.15) is 6.33 Å². The van der Waals surface area contributed by atoms with Crippen LogP contribution in [-0.2, 0) is 17.8 Å². The molecule has 1 amide bonds. The van der Waals surface area contributed by atoms with Crippen LogP contribution in [0, 0.1) is 0 Å². The maximum Gasteiger partial charge on any atom is 0.248 e. The molecule has 0 bridgehead atoms. The van der Waals surface area contributed by atoms with Gasteiger partial charge in [0.2, 0.25) is 11.9 Å². The quantitative estimate of drug-likeness (QED) is 0.519. The smallest absolute Gasteiger partial charge is 0.248 e. The van der Waals surface area contributed by atoms with E-state index in [1.165, 1.54) is 0 Å². The van der Waals surface area contributed by atoms with E-state index >= 15 is 0 Å². The first-order valence-electron chi connectivity index (χ1n) is 8.58. The third-order valence-corrected chi connectivity index (χ3v) is 4.81. The number of benzene rings is 3. The van der Waals surface area contributed by atoms with Gasteiger partial charge in [-0.1, -0.05) is 70.5 Å². The van der Waals surface area contributed by atoms with E-state index in [2.05, 4.69) is 31.3 Å². The molecule has 0 fully saturated rings. The number of fused-ring (bicyclic) bond motifs is 1. The van der Waals surface area contributed by atoms with E-state index in [1.54, 1.807) is 11.0 Å². The number of hydrogen-bond donors (Lipinski definition) is 1. The minimum atomic E-state index is -0.132. The van der Waals surface area contributed by atoms with E-state index < -0.39 is 0 Å². The Kier molecular flexibility index (Phi) is 4.98. The predicted octanol–water partition coefficient (Wildman–Crippen LogP) is 4.42. The van der Waals surface area contributed by atoms with Gasteiger partial charge in [0.25, 0.3) is 0 Å². The third kappa shape index (κ3) is 4.23. The number of carbonyl (C=O) groups excluding carboxylic acids is 1. The van der Waals surface area contributed by atoms with Crippen molar-refractivity contribution in [1.29, 1.82) is 0 Å². The molecule has 0 aliphatic carbocycles. The molecule has 0 spiro atoms. The molecule has 0 aliphatic heterocycles. The molecule has 1 aromatic heterocycles. The van der Waals surface area contributed by atoms with Gasteiger partial charge < -0.3 is 0 Å². The third-order valence-electron chi connectivity index (χ3n) is 4.28. The molecule has 27 heavy (non-hydrogen) atoms. The summed E-state index contributed by atoms with van der Waals surface area (Å²) in [5.41, 5.74) is 2.09. The van der Waals surface area contributed by atoms with Gasteiger partial charge in [-0.3, -0.25) is 10.1 Å². The maximum absolute atomic E-state index is 12.4. The molecule has 1 N–H and O–H groups in total. The molecule has 0 atom stereocenters. The molecule has 0 saturated carbocycles. The van der Waals surface area contributed by atoms with Crippen LogP contribution in [0.1, 0.15) is 11.1 Å². The highest BCUT2D eigenvalue weighted by Gasteiger charge is 2.10. The number of nitrogens with one attached hydrogen (secondary N) is 1. The van der Waals surface area contributed by atoms with Gasteiger partial charge in [0.15, 0.2) is 0 Å². The van der Waals surface area contributed by atoms with Crippen molar-refractivity contribution in [1.82, 2.24) is 14.8 Å². The Labute approximate surface area is 165 Å². The van der Waals surface area contributed by atoms with Crippen molar-refractivity contribution in [3.63, 3.8) is 0 Å². The van der Waals surface area contributed by atoms with Gasteiger partial charge in [-0.25, -0.2) is 9.67 Å². The summed E-state index contributed by atoms with van der Waals surface area (Å²) in [7, 11) is 0. The van der Waals surface area contributed by atoms with Crippen molar-refractivity contribution >= 4 is 38.6 Å². The fourth-order valence-corrected chi connectivity index (χ4v) is 3.26. The highest BCUT2D eigenvalue weighted by atomic mass is 79.9. The number of amides is 1. The normalized spacial score (nSPS) is 10.9. The van der Waals surface area contributed by atoms with Crippen LogP contribution in [-0.4, -0.2) is 20.7 Å². The summed E-state index contributed by atoms with van der Waals surface area (Å²) in [6.45, 7) is 0.597. The lowest BCUT2D eigenvalue weighted by Crippen LogP contribution is -2.16. The number of rotatable bonds is 5. The number of nitrogens with zero attached hydrogens (tertiary/aromatic N) is 3. The van der Waals surface area contributed by atoms with Crippen molar-refractivity contribution in [2.24, 2.45) is 0 Å². The van der Waals surface area contributed by atoms with Crippen LogP contribution in [0.4, 0.5) is 5.95 Å². The van der Waals surface area contributed by atoms with Gasteiger partial charge in [0, 0.05) is 4.47 Å². The Hall–Kier alpha value is -2.99. The first kappa shape index (κ1) is 17.4. The summed E-state index contributed by atoms with van der Waals surface area (Å²) < 4.78 is 2.74. The van der Waals surface area contributed by atoms with Crippen LogP contribution in [0.3, 0.4) is 0 Å². The molecule has 0 unspecified atom stereocenters. The van der Waals surface area contributed by atoms with E-state index in [9.17, 15) is 4.79 Å². The fraction of sp³-hybridized carbons (Fsp3) is 0.0952. The van der Waals surface area contributed by atoms with Crippen molar-refractivity contribution in [3.8, 4) is 0 Å². The summed E-state index contributed by atoms with van der Waals surface area (Å²) >= 11 is 3.42. The number of carbonyl (C=O) groups is 1. The average molecular weight is 421 g/mol. The van der Waals surface area contributed by atoms with Gasteiger partial charge >= 0.3 is 0 Å². The Morgan fingerprint density at radius 2 is 1.78 bits per heavy atom. The van der Waals surface area contributed by atoms with Crippen LogP contribution in [0.15, 0.2) is 77.5 Å². The summed E-state index contributed by atoms with van der Waals surface area (Å²) in [6, 6.07) is 22.0. The summed E-state index contributed by atoms with van der Waals surface area (Å²) in [6.07, 6.45) is 1.90. The lowest BCUT2D eigenvalue weighted by atomic mass is 10.0. The van der Waals surface area contributed by atoms with Gasteiger partial charge in [-0.15, -0.1) is 5.10 Å². The second-order valence-electron chi connectivity index (χ2n) is 6.26. The molecule has 0 aliphatic rings. The predicted molar refractivity (Wildman–Crippen MR) is 110 cm³/mol. The summed E-state index contributed by atoms with van der Waals surface area (Å²) in [5, 5.41) is 9.33. The van der Waals surface area contributed by atoms with E-state index in [-0.39, 0.29) is 12.3 Å². The first-order chi connectivity index (χ1) is 13.2. The lowest BCUT2D eigenvalue weighted by Gasteiger charge is -2.06. The zero-order valence-electron chi connectivity index (χ0n) is 14.5. The molecule has 4 rings (SSSR count). The minimum absolute atomic E-state index is 0.132. The SMILES string of the molecule is O=C(Cc1cccc2ccccc12)Nc1ncn(Cc2ccc(Br)cc2)n1. The zero-order chi connectivity index (χ0) is 18.6. The van der Waals surface area contributed by atoms with Gasteiger partial charge in [0.05, 0.1) is 13.0 Å². The molecule has 1 heterocycles. The Morgan fingerprint density at radius 1 is 1.00 bits per heavy atom. The Morgan fingerprint density at radius 3 is 2.63 bits per heavy atom. The first-order valence-corrected chi connectivity index (χ1v) is 9.37. The van der Waals surface area contributed by atoms with Gasteiger partial charge in [-0.05, 0) is 34.0 Å². The molecular weight excluding hydrogens is 404 g/mol. The highest BCUT2D eigenvalue weighted by Crippen LogP contribution is 2.19. The number of halogens is 1. The molecule has 3 aromatic carbocycles. The second-order valence-corrected chi connectivity index (χ2v) is 7.17. The summed E-state index contributed by atoms with van der Waals surface area (Å²) in [4.78, 5) is 16.6. The van der Waals surface area contributed by atoms with Crippen LogP contribution in [0.5, 0.6) is 0 Å². The highest BCUT2D eigenvalue weighted by molar-refractivity contribution is 9.10. The number of hydrogen-bond acceptors (Lipinski definition) is 3. The topological polar surface area (TPSA) is 59.8 Å². The van der Waals surface area contributed by atoms with Crippen molar-refractivity contribution in [2.75, 3.05) is 5.32 Å². The maximum atomic E-state index is 12.4. The van der Waals surface area contributed by atoms with E-state index in [0.717, 1.165) is 26.4 Å². The fourth-order valence-electron chi connectivity index (χ4n) is 2.99. The largest absolute Gasteiger partial charge is 0.293 e. The van der Waals surface area contributed by atoms with Crippen LogP contribution >= 0.6 is 15.9 Å². The van der Waals surface area contributed by atoms with Crippen molar-refractivity contribution < 1.29 is 4.79 Å². The van der Waals surface area contributed by atoms with Crippen molar-refractivity contribution in [2.45, 2.75) is 13.0 Å². The standard InChI is InChI=1S/C21H17BrN4O/c22-18-10-8-15(9-11-18)13-26-14-23-21(25-26)24-20(27)12-17-6-3-5-16-4-1-2-7-19(16)17/h1-11,14H,12-13H2,(H,24,25,27). The van der Waals surface area contributed by atoms with Crippen LogP contribution < -0.4 is 5.32 Å². The monoisotopic (exact) mass is 420 g/mol. The molecule has 4 aromatic rings. The van der Waals surface area contributed by atoms with E-state index in [0.29, 0.717) is 12.5 Å². The summed E-state index contributed by atoms with van der Waals surface area (Å²) in [5.74, 6) is 0.185.